The van der Waals surface area contributed by atoms with Gasteiger partial charge in [-0.05, 0) is 75.9 Å². The summed E-state index contributed by atoms with van der Waals surface area (Å²) in [4.78, 5) is 0. The average Bonchev–Trinajstić information content (AvgIpc) is 2.84. The van der Waals surface area contributed by atoms with Gasteiger partial charge < -0.3 is 5.11 Å². The maximum Gasteiger partial charge on any atom is 0.0585 e. The molecular weight excluding hydrogens is 496 g/mol. The fraction of sp³-hybridized carbons (Fsp3) is 0.400. The van der Waals surface area contributed by atoms with Crippen LogP contribution in [0.4, 0.5) is 0 Å². The van der Waals surface area contributed by atoms with Gasteiger partial charge in [0.2, 0.25) is 0 Å². The van der Waals surface area contributed by atoms with Crippen molar-refractivity contribution >= 4 is 0 Å². The molecule has 0 aliphatic heterocycles. The van der Waals surface area contributed by atoms with E-state index in [1.807, 2.05) is 0 Å². The molecule has 0 aromatic heterocycles. The highest BCUT2D eigenvalue weighted by atomic mass is 16.3. The molecule has 2 atom stereocenters. The van der Waals surface area contributed by atoms with Crippen LogP contribution >= 0.6 is 0 Å². The summed E-state index contributed by atoms with van der Waals surface area (Å²) in [7, 11) is 0. The highest BCUT2D eigenvalue weighted by Gasteiger charge is 2.31. The molecule has 0 radical (unpaired) electrons. The predicted octanol–water partition coefficient (Wildman–Crippen LogP) is 11.2. The number of hydrogen-bond donors (Lipinski definition) is 1. The van der Waals surface area contributed by atoms with E-state index in [0.29, 0.717) is 5.92 Å². The van der Waals surface area contributed by atoms with Gasteiger partial charge in [0.25, 0.3) is 0 Å². The Morgan fingerprint density at radius 3 is 1.85 bits per heavy atom. The smallest absolute Gasteiger partial charge is 0.0585 e. The van der Waals surface area contributed by atoms with Crippen LogP contribution in [0.25, 0.3) is 0 Å². The second kappa shape index (κ2) is 15.7. The Hall–Kier alpha value is -3.16. The molecule has 1 nitrogen and oxygen atoms in total. The number of hydrogen-bond acceptors (Lipinski definition) is 1. The third-order valence-corrected chi connectivity index (χ3v) is 8.02. The van der Waals surface area contributed by atoms with Crippen molar-refractivity contribution in [1.29, 1.82) is 0 Å². The number of allylic oxidation sites excluding steroid dienone is 22. The van der Waals surface area contributed by atoms with Crippen molar-refractivity contribution in [3.05, 3.63) is 143 Å². The highest BCUT2D eigenvalue weighted by Crippen LogP contribution is 2.41. The van der Waals surface area contributed by atoms with Gasteiger partial charge in [-0.25, -0.2) is 0 Å². The first-order valence-electron chi connectivity index (χ1n) is 15.0. The molecule has 220 valence electrons. The minimum absolute atomic E-state index is 0.00983. The third-order valence-electron chi connectivity index (χ3n) is 8.02. The Morgan fingerprint density at radius 2 is 1.32 bits per heavy atom. The molecule has 1 heteroatoms. The van der Waals surface area contributed by atoms with Crippen molar-refractivity contribution in [2.75, 3.05) is 0 Å². The van der Waals surface area contributed by atoms with E-state index in [2.05, 4.69) is 166 Å². The summed E-state index contributed by atoms with van der Waals surface area (Å²) in [5, 5.41) is 10.1. The van der Waals surface area contributed by atoms with E-state index in [4.69, 9.17) is 0 Å². The summed E-state index contributed by atoms with van der Waals surface area (Å²) >= 11 is 0. The molecule has 0 saturated carbocycles. The van der Waals surface area contributed by atoms with Gasteiger partial charge in [0.1, 0.15) is 0 Å². The highest BCUT2D eigenvalue weighted by molar-refractivity contribution is 5.38. The fourth-order valence-corrected chi connectivity index (χ4v) is 5.61. The lowest BCUT2D eigenvalue weighted by Gasteiger charge is -2.35. The Morgan fingerprint density at radius 1 is 0.805 bits per heavy atom. The standard InChI is InChI=1S/C40H54O/c1-30(18-13-20-32(3)23-25-37-34(5)22-15-27-39(37,7)8)16-11-12-17-31(2)19-14-21-33(4)24-26-38-35(6)28-36(41)29-40(38,9)10/h11-26,36-37,41H,5,27-29H2,1-4,6-10H3/b12-11+,18-13+,19-14+,25-23+,26-24+,30-16+,31-17+,32-20+,33-21+/t36-,37?/m1/s1. The maximum atomic E-state index is 10.1. The van der Waals surface area contributed by atoms with Gasteiger partial charge in [-0.1, -0.05) is 159 Å². The van der Waals surface area contributed by atoms with E-state index < -0.39 is 0 Å². The van der Waals surface area contributed by atoms with Gasteiger partial charge in [0.05, 0.1) is 6.10 Å². The monoisotopic (exact) mass is 550 g/mol. The summed E-state index contributed by atoms with van der Waals surface area (Å²) in [5.41, 5.74) is 8.91. The van der Waals surface area contributed by atoms with Crippen LogP contribution in [0.15, 0.2) is 143 Å². The molecule has 0 fully saturated rings. The van der Waals surface area contributed by atoms with E-state index in [9.17, 15) is 5.11 Å². The second-order valence-electron chi connectivity index (χ2n) is 13.2. The van der Waals surface area contributed by atoms with Gasteiger partial charge in [0, 0.05) is 5.92 Å². The minimum Gasteiger partial charge on any atom is -0.393 e. The molecule has 0 spiro atoms. The Kier molecular flexibility index (Phi) is 13.1. The van der Waals surface area contributed by atoms with E-state index in [1.54, 1.807) is 0 Å². The predicted molar refractivity (Wildman–Crippen MR) is 183 cm³/mol. The molecule has 0 bridgehead atoms. The molecule has 41 heavy (non-hydrogen) atoms. The lowest BCUT2D eigenvalue weighted by molar-refractivity contribution is 0.116. The van der Waals surface area contributed by atoms with Crippen LogP contribution in [0.2, 0.25) is 0 Å². The van der Waals surface area contributed by atoms with Crippen molar-refractivity contribution < 1.29 is 5.11 Å². The van der Waals surface area contributed by atoms with Crippen molar-refractivity contribution in [3.63, 3.8) is 0 Å². The van der Waals surface area contributed by atoms with E-state index in [1.165, 1.54) is 39.0 Å². The van der Waals surface area contributed by atoms with Crippen LogP contribution in [-0.2, 0) is 0 Å². The van der Waals surface area contributed by atoms with Gasteiger partial charge in [0.15, 0.2) is 0 Å². The Bertz CT molecular complexity index is 1270. The quantitative estimate of drug-likeness (QED) is 0.268. The molecule has 0 amide bonds. The molecule has 0 aromatic carbocycles. The Balaban J connectivity index is 1.89. The first kappa shape index (κ1) is 34.0. The summed E-state index contributed by atoms with van der Waals surface area (Å²) in [6, 6.07) is 0. The molecule has 2 aliphatic carbocycles. The zero-order valence-electron chi connectivity index (χ0n) is 27.2. The minimum atomic E-state index is -0.223. The van der Waals surface area contributed by atoms with Crippen molar-refractivity contribution in [2.24, 2.45) is 16.7 Å². The molecule has 0 saturated heterocycles. The van der Waals surface area contributed by atoms with E-state index in [0.717, 1.165) is 19.3 Å². The first-order valence-corrected chi connectivity index (χ1v) is 15.0. The lowest BCUT2D eigenvalue weighted by atomic mass is 9.69. The molecule has 1 N–H and O–H groups in total. The molecule has 2 rings (SSSR count). The molecule has 1 unspecified atom stereocenters. The van der Waals surface area contributed by atoms with E-state index >= 15 is 0 Å². The number of aliphatic hydroxyl groups excluding tert-OH is 1. The van der Waals surface area contributed by atoms with Crippen molar-refractivity contribution in [2.45, 2.75) is 87.7 Å². The lowest BCUT2D eigenvalue weighted by Crippen LogP contribution is -2.28. The van der Waals surface area contributed by atoms with Gasteiger partial charge in [-0.2, -0.15) is 0 Å². The van der Waals surface area contributed by atoms with Crippen molar-refractivity contribution in [1.82, 2.24) is 0 Å². The van der Waals surface area contributed by atoms with Crippen LogP contribution in [-0.4, -0.2) is 11.2 Å². The van der Waals surface area contributed by atoms with E-state index in [-0.39, 0.29) is 16.9 Å². The third kappa shape index (κ3) is 11.7. The van der Waals surface area contributed by atoms with Crippen LogP contribution < -0.4 is 0 Å². The average molecular weight is 551 g/mol. The van der Waals surface area contributed by atoms with Gasteiger partial charge in [-0.15, -0.1) is 0 Å². The van der Waals surface area contributed by atoms with Gasteiger partial charge in [-0.3, -0.25) is 0 Å². The van der Waals surface area contributed by atoms with Crippen LogP contribution in [0.5, 0.6) is 0 Å². The molecular formula is C40H54O. The molecule has 0 aromatic rings. The first-order chi connectivity index (χ1) is 19.2. The number of rotatable bonds is 10. The normalized spacial score (nSPS) is 24.9. The SMILES string of the molecule is C=C1C=CCC(C)(C)C1/C=C/C(C)=C/C=C/C(C)=C/C=C/C=C(C)/C=C/C=C(C)/C=C/C1=C(C)C[C@@H](O)CC1(C)C. The van der Waals surface area contributed by atoms with Crippen molar-refractivity contribution in [3.8, 4) is 0 Å². The Labute approximate surface area is 251 Å². The summed E-state index contributed by atoms with van der Waals surface area (Å²) < 4.78 is 0. The number of aliphatic hydroxyl groups is 1. The van der Waals surface area contributed by atoms with Crippen LogP contribution in [0.3, 0.4) is 0 Å². The summed E-state index contributed by atoms with van der Waals surface area (Å²) in [6.45, 7) is 24.0. The maximum absolute atomic E-state index is 10.1. The summed E-state index contributed by atoms with van der Waals surface area (Å²) in [6.07, 6.45) is 37.0. The molecule has 0 heterocycles. The fourth-order valence-electron chi connectivity index (χ4n) is 5.61. The second-order valence-corrected chi connectivity index (χ2v) is 13.2. The van der Waals surface area contributed by atoms with Gasteiger partial charge >= 0.3 is 0 Å². The molecule has 2 aliphatic rings. The zero-order chi connectivity index (χ0) is 30.6. The van der Waals surface area contributed by atoms with Crippen LogP contribution in [0.1, 0.15) is 81.6 Å². The largest absolute Gasteiger partial charge is 0.393 e. The van der Waals surface area contributed by atoms with Crippen LogP contribution in [0, 0.1) is 16.7 Å². The topological polar surface area (TPSA) is 20.2 Å². The zero-order valence-corrected chi connectivity index (χ0v) is 27.2. The summed E-state index contributed by atoms with van der Waals surface area (Å²) in [5.74, 6) is 0.382.